The summed E-state index contributed by atoms with van der Waals surface area (Å²) < 4.78 is 28.6. The summed E-state index contributed by atoms with van der Waals surface area (Å²) in [7, 11) is -3.55. The van der Waals surface area contributed by atoms with Gasteiger partial charge in [0.2, 0.25) is 10.0 Å². The number of hydrogen-bond acceptors (Lipinski definition) is 2. The van der Waals surface area contributed by atoms with E-state index in [2.05, 4.69) is 37.7 Å². The van der Waals surface area contributed by atoms with Gasteiger partial charge in [-0.1, -0.05) is 11.6 Å². The summed E-state index contributed by atoms with van der Waals surface area (Å²) in [6.45, 7) is 12.2. The highest BCUT2D eigenvalue weighted by molar-refractivity contribution is 7.89. The summed E-state index contributed by atoms with van der Waals surface area (Å²) in [6.07, 6.45) is 1.61. The molecule has 130 valence electrons. The molecule has 1 fully saturated rings. The number of benzene rings is 1. The van der Waals surface area contributed by atoms with Crippen molar-refractivity contribution in [1.82, 2.24) is 4.72 Å². The largest absolute Gasteiger partial charge is 0.337 e. The third-order valence-electron chi connectivity index (χ3n) is 4.39. The van der Waals surface area contributed by atoms with E-state index in [0.29, 0.717) is 15.5 Å². The molecule has 23 heavy (non-hydrogen) atoms. The first-order valence-corrected chi connectivity index (χ1v) is 9.84. The lowest BCUT2D eigenvalue weighted by Crippen LogP contribution is -3.06. The van der Waals surface area contributed by atoms with E-state index in [1.165, 1.54) is 0 Å². The minimum absolute atomic E-state index is 0.0138. The molecule has 0 spiro atoms. The van der Waals surface area contributed by atoms with Crippen molar-refractivity contribution in [1.29, 1.82) is 0 Å². The Balaban J connectivity index is 2.30. The van der Waals surface area contributed by atoms with Crippen LogP contribution in [0.4, 0.5) is 0 Å². The number of hydrogen-bond donors (Lipinski definition) is 2. The Hall–Kier alpha value is -0.620. The molecule has 3 N–H and O–H groups in total. The van der Waals surface area contributed by atoms with E-state index in [1.54, 1.807) is 19.1 Å². The number of rotatable bonds is 3. The first-order chi connectivity index (χ1) is 10.3. The third kappa shape index (κ3) is 4.47. The van der Waals surface area contributed by atoms with Gasteiger partial charge in [0.15, 0.2) is 0 Å². The van der Waals surface area contributed by atoms with Crippen LogP contribution in [0.1, 0.15) is 51.7 Å². The zero-order chi connectivity index (χ0) is 17.6. The topological polar surface area (TPSA) is 62.8 Å². The number of quaternary nitrogens is 1. The van der Waals surface area contributed by atoms with Crippen molar-refractivity contribution in [2.24, 2.45) is 0 Å². The van der Waals surface area contributed by atoms with Gasteiger partial charge in [-0.25, -0.2) is 13.1 Å². The van der Waals surface area contributed by atoms with Crippen LogP contribution in [0.3, 0.4) is 0 Å². The van der Waals surface area contributed by atoms with Crippen LogP contribution < -0.4 is 10.0 Å². The highest BCUT2D eigenvalue weighted by Gasteiger charge is 2.43. The second-order valence-corrected chi connectivity index (χ2v) is 10.3. The van der Waals surface area contributed by atoms with E-state index in [-0.39, 0.29) is 17.1 Å². The fourth-order valence-electron chi connectivity index (χ4n) is 3.93. The minimum Gasteiger partial charge on any atom is -0.337 e. The van der Waals surface area contributed by atoms with Crippen LogP contribution in [0.15, 0.2) is 17.0 Å². The Labute approximate surface area is 145 Å². The maximum atomic E-state index is 12.8. The smallest absolute Gasteiger partial charge is 0.241 e. The molecule has 6 heteroatoms. The van der Waals surface area contributed by atoms with E-state index in [4.69, 9.17) is 11.6 Å². The van der Waals surface area contributed by atoms with Gasteiger partial charge in [0.1, 0.15) is 0 Å². The Bertz CT molecular complexity index is 696. The second kappa shape index (κ2) is 6.03. The summed E-state index contributed by atoms with van der Waals surface area (Å²) in [4.78, 5) is 0.324. The summed E-state index contributed by atoms with van der Waals surface area (Å²) in [5, 5.41) is 2.93. The van der Waals surface area contributed by atoms with Crippen molar-refractivity contribution in [3.8, 4) is 0 Å². The molecule has 0 unspecified atom stereocenters. The third-order valence-corrected chi connectivity index (χ3v) is 6.46. The first-order valence-electron chi connectivity index (χ1n) is 7.97. The van der Waals surface area contributed by atoms with Crippen LogP contribution in [0.25, 0.3) is 0 Å². The van der Waals surface area contributed by atoms with Gasteiger partial charge < -0.3 is 5.32 Å². The van der Waals surface area contributed by atoms with E-state index in [0.717, 1.165) is 18.4 Å². The molecule has 0 aliphatic carbocycles. The van der Waals surface area contributed by atoms with Gasteiger partial charge in [-0.05, 0) is 64.8 Å². The lowest BCUT2D eigenvalue weighted by molar-refractivity contribution is -0.787. The molecule has 0 aromatic heterocycles. The van der Waals surface area contributed by atoms with Crippen LogP contribution in [0.2, 0.25) is 5.02 Å². The van der Waals surface area contributed by atoms with Crippen molar-refractivity contribution in [3.05, 3.63) is 28.3 Å². The molecule has 0 radical (unpaired) electrons. The Morgan fingerprint density at radius 1 is 1.09 bits per heavy atom. The number of nitrogens with one attached hydrogen (secondary N) is 1. The normalized spacial score (nSPS) is 21.3. The molecule has 0 saturated carbocycles. The van der Waals surface area contributed by atoms with Crippen molar-refractivity contribution in [2.75, 3.05) is 0 Å². The van der Waals surface area contributed by atoms with Crippen molar-refractivity contribution in [3.63, 3.8) is 0 Å². The standard InChI is InChI=1S/C17H27ClN2O2S/c1-11-8-15(12(2)7-14(11)18)23(21,22)19-13-9-16(3,4)20-17(5,6)10-13/h7-8,13,19-20H,9-10H2,1-6H3/p+1. The quantitative estimate of drug-likeness (QED) is 0.871. The minimum atomic E-state index is -3.55. The summed E-state index contributed by atoms with van der Waals surface area (Å²) >= 11 is 6.08. The first kappa shape index (κ1) is 18.7. The molecule has 1 aromatic rings. The van der Waals surface area contributed by atoms with Crippen molar-refractivity contribution >= 4 is 21.6 Å². The zero-order valence-corrected chi connectivity index (χ0v) is 16.4. The number of aryl methyl sites for hydroxylation is 2. The van der Waals surface area contributed by atoms with Crippen molar-refractivity contribution < 1.29 is 13.7 Å². The molecule has 1 aliphatic heterocycles. The van der Waals surface area contributed by atoms with Crippen LogP contribution in [0.5, 0.6) is 0 Å². The zero-order valence-electron chi connectivity index (χ0n) is 14.8. The fraction of sp³-hybridized carbons (Fsp3) is 0.647. The molecule has 0 bridgehead atoms. The molecule has 1 aromatic carbocycles. The lowest BCUT2D eigenvalue weighted by atomic mass is 9.80. The molecule has 2 rings (SSSR count). The van der Waals surface area contributed by atoms with E-state index >= 15 is 0 Å². The predicted octanol–water partition coefficient (Wildman–Crippen LogP) is 2.52. The highest BCUT2D eigenvalue weighted by Crippen LogP contribution is 2.27. The number of nitrogens with two attached hydrogens (primary N) is 1. The predicted molar refractivity (Wildman–Crippen MR) is 94.4 cm³/mol. The molecular weight excluding hydrogens is 332 g/mol. The average Bonchev–Trinajstić information content (AvgIpc) is 2.28. The average molecular weight is 360 g/mol. The van der Waals surface area contributed by atoms with Gasteiger partial charge in [0, 0.05) is 23.9 Å². The molecule has 0 atom stereocenters. The molecular formula is C17H28ClN2O2S+. The Kier molecular flexibility index (Phi) is 4.91. The Morgan fingerprint density at radius 2 is 1.61 bits per heavy atom. The maximum absolute atomic E-state index is 12.8. The second-order valence-electron chi connectivity index (χ2n) is 8.21. The SMILES string of the molecule is Cc1cc(S(=O)(=O)NC2CC(C)(C)[NH2+]C(C)(C)C2)c(C)cc1Cl. The van der Waals surface area contributed by atoms with Crippen LogP contribution in [-0.2, 0) is 10.0 Å². The molecule has 0 amide bonds. The maximum Gasteiger partial charge on any atom is 0.241 e. The molecule has 1 saturated heterocycles. The van der Waals surface area contributed by atoms with Crippen molar-refractivity contribution in [2.45, 2.75) is 76.4 Å². The van der Waals surface area contributed by atoms with Crippen LogP contribution in [-0.4, -0.2) is 25.5 Å². The summed E-state index contributed by atoms with van der Waals surface area (Å²) in [5.74, 6) is 0. The van der Waals surface area contributed by atoms with Crippen LogP contribution >= 0.6 is 11.6 Å². The van der Waals surface area contributed by atoms with Gasteiger partial charge in [-0.2, -0.15) is 0 Å². The van der Waals surface area contributed by atoms with Gasteiger partial charge in [0.05, 0.1) is 16.0 Å². The molecule has 1 heterocycles. The van der Waals surface area contributed by atoms with E-state index < -0.39 is 10.0 Å². The summed E-state index contributed by atoms with van der Waals surface area (Å²) in [6, 6.07) is 3.31. The number of halogens is 1. The van der Waals surface area contributed by atoms with Gasteiger partial charge in [-0.3, -0.25) is 0 Å². The van der Waals surface area contributed by atoms with E-state index in [9.17, 15) is 8.42 Å². The van der Waals surface area contributed by atoms with Crippen LogP contribution in [0, 0.1) is 13.8 Å². The Morgan fingerprint density at radius 3 is 2.13 bits per heavy atom. The summed E-state index contributed by atoms with van der Waals surface area (Å²) in [5.41, 5.74) is 1.48. The highest BCUT2D eigenvalue weighted by atomic mass is 35.5. The van der Waals surface area contributed by atoms with E-state index in [1.807, 2.05) is 6.92 Å². The fourth-order valence-corrected chi connectivity index (χ4v) is 5.69. The monoisotopic (exact) mass is 359 g/mol. The van der Waals surface area contributed by atoms with Gasteiger partial charge >= 0.3 is 0 Å². The number of piperidine rings is 1. The molecule has 1 aliphatic rings. The van der Waals surface area contributed by atoms with Gasteiger partial charge in [-0.15, -0.1) is 0 Å². The lowest BCUT2D eigenvalue weighted by Gasteiger charge is -2.43. The molecule has 4 nitrogen and oxygen atoms in total. The van der Waals surface area contributed by atoms with Gasteiger partial charge in [0.25, 0.3) is 0 Å². The number of sulfonamides is 1.